The molecule has 4 bridgehead atoms. The third-order valence-electron chi connectivity index (χ3n) is 8.99. The smallest absolute Gasteiger partial charge is 0.264 e. The average Bonchev–Trinajstić information content (AvgIpc) is 2.87. The van der Waals surface area contributed by atoms with Gasteiger partial charge in [0.25, 0.3) is 5.91 Å². The molecule has 0 unspecified atom stereocenters. The van der Waals surface area contributed by atoms with Crippen molar-refractivity contribution in [1.82, 2.24) is 4.72 Å². The minimum absolute atomic E-state index is 0.107. The molecular weight excluding hydrogens is 536 g/mol. The Morgan fingerprint density at radius 3 is 2.67 bits per heavy atom. The monoisotopic (exact) mass is 570 g/mol. The van der Waals surface area contributed by atoms with Crippen LogP contribution in [0.3, 0.4) is 0 Å². The average molecular weight is 571 g/mol. The molecule has 7 rings (SSSR count). The first kappa shape index (κ1) is 26.7. The lowest BCUT2D eigenvalue weighted by Gasteiger charge is -2.43. The number of aliphatic hydroxyl groups excluding tert-OH is 1. The number of allylic oxidation sites excluding steroid dienone is 1. The van der Waals surface area contributed by atoms with Crippen LogP contribution in [0.1, 0.15) is 60.0 Å². The number of anilines is 1. The first-order valence-corrected chi connectivity index (χ1v) is 15.9. The summed E-state index contributed by atoms with van der Waals surface area (Å²) in [5.41, 5.74) is 3.33. The van der Waals surface area contributed by atoms with E-state index < -0.39 is 27.3 Å². The van der Waals surface area contributed by atoms with Crippen LogP contribution in [0.25, 0.3) is 0 Å². The van der Waals surface area contributed by atoms with Gasteiger partial charge in [-0.25, -0.2) is 13.1 Å². The number of benzene rings is 2. The zero-order valence-electron chi connectivity index (χ0n) is 21.9. The lowest BCUT2D eigenvalue weighted by atomic mass is 9.70. The second-order valence-corrected chi connectivity index (χ2v) is 13.9. The number of carbonyl (C=O) groups is 1. The van der Waals surface area contributed by atoms with Crippen LogP contribution in [-0.2, 0) is 23.1 Å². The largest absolute Gasteiger partial charge is 0.487 e. The highest BCUT2D eigenvalue weighted by Gasteiger charge is 2.40. The van der Waals surface area contributed by atoms with Crippen LogP contribution in [-0.4, -0.2) is 43.9 Å². The molecule has 2 aromatic carbocycles. The number of rotatable bonds is 0. The van der Waals surface area contributed by atoms with E-state index in [2.05, 4.69) is 9.62 Å². The van der Waals surface area contributed by atoms with Crippen molar-refractivity contribution in [2.24, 2.45) is 17.8 Å². The van der Waals surface area contributed by atoms with Gasteiger partial charge in [0.2, 0.25) is 10.0 Å². The highest BCUT2D eigenvalue weighted by atomic mass is 35.5. The van der Waals surface area contributed by atoms with Gasteiger partial charge in [0.05, 0.1) is 17.0 Å². The Hall–Kier alpha value is -2.55. The summed E-state index contributed by atoms with van der Waals surface area (Å²) >= 11 is 6.29. The van der Waals surface area contributed by atoms with Crippen molar-refractivity contribution in [2.45, 2.75) is 62.9 Å². The predicted molar refractivity (Wildman–Crippen MR) is 152 cm³/mol. The fourth-order valence-electron chi connectivity index (χ4n) is 6.34. The van der Waals surface area contributed by atoms with E-state index >= 15 is 0 Å². The van der Waals surface area contributed by atoms with Crippen LogP contribution >= 0.6 is 11.6 Å². The van der Waals surface area contributed by atoms with E-state index in [9.17, 15) is 18.3 Å². The molecule has 2 aliphatic carbocycles. The van der Waals surface area contributed by atoms with Gasteiger partial charge in [-0.1, -0.05) is 29.8 Å². The molecule has 1 amide bonds. The van der Waals surface area contributed by atoms with E-state index in [1.807, 2.05) is 30.4 Å². The molecule has 5 aliphatic rings. The summed E-state index contributed by atoms with van der Waals surface area (Å²) in [4.78, 5) is 15.4. The minimum Gasteiger partial charge on any atom is -0.487 e. The van der Waals surface area contributed by atoms with E-state index in [1.165, 1.54) is 5.56 Å². The maximum absolute atomic E-state index is 13.2. The van der Waals surface area contributed by atoms with Crippen molar-refractivity contribution >= 4 is 33.2 Å². The number of hydrogen-bond donors (Lipinski definition) is 2. The summed E-state index contributed by atoms with van der Waals surface area (Å²) < 4.78 is 34.5. The summed E-state index contributed by atoms with van der Waals surface area (Å²) in [6.45, 7) is 1.86. The Morgan fingerprint density at radius 2 is 1.87 bits per heavy atom. The molecular formula is C30H35ClN2O5S. The molecule has 9 heteroatoms. The number of fused-ring (bicyclic) bond motifs is 4. The van der Waals surface area contributed by atoms with Crippen molar-refractivity contribution < 1.29 is 23.1 Å². The second-order valence-electron chi connectivity index (χ2n) is 11.5. The lowest BCUT2D eigenvalue weighted by Crippen LogP contribution is -2.45. The first-order chi connectivity index (χ1) is 18.8. The van der Waals surface area contributed by atoms with Gasteiger partial charge >= 0.3 is 0 Å². The molecule has 2 N–H and O–H groups in total. The number of carbonyl (C=O) groups excluding carboxylic acids is 1. The van der Waals surface area contributed by atoms with Gasteiger partial charge in [-0.15, -0.1) is 0 Å². The molecule has 0 saturated heterocycles. The number of nitrogens with one attached hydrogen (secondary N) is 1. The molecule has 0 spiro atoms. The van der Waals surface area contributed by atoms with E-state index in [-0.39, 0.29) is 11.8 Å². The first-order valence-electron chi connectivity index (χ1n) is 14.0. The van der Waals surface area contributed by atoms with Gasteiger partial charge in [0.1, 0.15) is 12.4 Å². The molecule has 7 nitrogen and oxygen atoms in total. The maximum Gasteiger partial charge on any atom is 0.264 e. The summed E-state index contributed by atoms with van der Waals surface area (Å²) in [7, 11) is -3.79. The van der Waals surface area contributed by atoms with E-state index in [4.69, 9.17) is 16.3 Å². The summed E-state index contributed by atoms with van der Waals surface area (Å²) in [6.07, 6.45) is 8.99. The van der Waals surface area contributed by atoms with Crippen molar-refractivity contribution in [3.63, 3.8) is 0 Å². The molecule has 0 radical (unpaired) electrons. The highest BCUT2D eigenvalue weighted by molar-refractivity contribution is 7.90. The molecule has 3 atom stereocenters. The Labute approximate surface area is 235 Å². The summed E-state index contributed by atoms with van der Waals surface area (Å²) in [5, 5.41) is 11.1. The van der Waals surface area contributed by atoms with Crippen LogP contribution in [0.5, 0.6) is 5.75 Å². The Balaban J connectivity index is 1.37. The van der Waals surface area contributed by atoms with Gasteiger partial charge in [0, 0.05) is 23.7 Å². The third-order valence-corrected chi connectivity index (χ3v) is 11.0. The number of hydrogen-bond acceptors (Lipinski definition) is 6. The lowest BCUT2D eigenvalue weighted by molar-refractivity contribution is 0.0458. The van der Waals surface area contributed by atoms with Crippen LogP contribution < -0.4 is 14.4 Å². The number of amides is 1. The second kappa shape index (κ2) is 10.8. The number of aliphatic hydroxyl groups is 1. The molecule has 2 fully saturated rings. The number of nitrogens with zero attached hydrogens (tertiary/aromatic N) is 1. The van der Waals surface area contributed by atoms with E-state index in [1.54, 1.807) is 18.2 Å². The Bertz CT molecular complexity index is 1390. The van der Waals surface area contributed by atoms with Crippen molar-refractivity contribution in [3.8, 4) is 5.75 Å². The number of sulfonamides is 1. The standard InChI is InChI=1S/C30H35ClN2O5S/c31-24-8-5-23-18-38-29-11-7-21-16-27(29)33(12-2-1-3-20(23)15-24)17-22-6-9-26(22)28(34)10-4-19-13-25(14-19)39(36,37)32-30(21)35/h4-5,7-8,10-11,15-16,19,22,25-26,28,34H,1-3,6,9,12-14,17-18H2,(H,32,35)/b10-4+/t19?,22-,25?,26+,28-/m0/s1. The van der Waals surface area contributed by atoms with Gasteiger partial charge in [-0.2, -0.15) is 0 Å². The van der Waals surface area contributed by atoms with Gasteiger partial charge in [0.15, 0.2) is 0 Å². The SMILES string of the molecule is O=C1NS(=O)(=O)C2CC(/C=C/[C@H](O)[C@@H]3CC[C@H]3CN3CCCCc4cc(Cl)ccc4COc4ccc1cc43)C2. The molecule has 2 aromatic rings. The molecule has 3 aliphatic heterocycles. The van der Waals surface area contributed by atoms with Crippen LogP contribution in [0.4, 0.5) is 5.69 Å². The quantitative estimate of drug-likeness (QED) is 0.439. The Kier molecular flexibility index (Phi) is 7.37. The third kappa shape index (κ3) is 5.56. The normalized spacial score (nSPS) is 31.1. The van der Waals surface area contributed by atoms with Gasteiger partial charge < -0.3 is 14.7 Å². The van der Waals surface area contributed by atoms with Crippen molar-refractivity contribution in [1.29, 1.82) is 0 Å². The zero-order chi connectivity index (χ0) is 27.1. The van der Waals surface area contributed by atoms with Crippen LogP contribution in [0.2, 0.25) is 5.02 Å². The zero-order valence-corrected chi connectivity index (χ0v) is 23.5. The molecule has 0 aromatic heterocycles. The topological polar surface area (TPSA) is 95.9 Å². The number of ether oxygens (including phenoxy) is 1. The molecule has 3 heterocycles. The van der Waals surface area contributed by atoms with Crippen molar-refractivity contribution in [3.05, 3.63) is 70.3 Å². The minimum atomic E-state index is -3.79. The molecule has 39 heavy (non-hydrogen) atoms. The molecule has 2 saturated carbocycles. The fraction of sp³-hybridized carbons (Fsp3) is 0.500. The molecule has 208 valence electrons. The Morgan fingerprint density at radius 1 is 1.03 bits per heavy atom. The van der Waals surface area contributed by atoms with Crippen molar-refractivity contribution in [2.75, 3.05) is 18.0 Å². The van der Waals surface area contributed by atoms with Gasteiger partial charge in [-0.3, -0.25) is 4.79 Å². The van der Waals surface area contributed by atoms with E-state index in [0.717, 1.165) is 56.4 Å². The summed E-state index contributed by atoms with van der Waals surface area (Å²) in [5.74, 6) is 0.620. The maximum atomic E-state index is 13.2. The number of aryl methyl sites for hydroxylation is 1. The fourth-order valence-corrected chi connectivity index (χ4v) is 8.07. The summed E-state index contributed by atoms with van der Waals surface area (Å²) in [6, 6.07) is 11.1. The predicted octanol–water partition coefficient (Wildman–Crippen LogP) is 4.86. The van der Waals surface area contributed by atoms with Crippen LogP contribution in [0.15, 0.2) is 48.6 Å². The highest BCUT2D eigenvalue weighted by Crippen LogP contribution is 2.42. The number of halogens is 1. The van der Waals surface area contributed by atoms with E-state index in [0.29, 0.717) is 41.7 Å². The van der Waals surface area contributed by atoms with Gasteiger partial charge in [-0.05, 0) is 104 Å². The van der Waals surface area contributed by atoms with Crippen LogP contribution in [0, 0.1) is 17.8 Å².